The molecule has 2 aromatic carbocycles. The summed E-state index contributed by atoms with van der Waals surface area (Å²) >= 11 is 0. The maximum absolute atomic E-state index is 11.7. The van der Waals surface area contributed by atoms with Crippen molar-refractivity contribution >= 4 is 22.9 Å². The molecule has 0 spiro atoms. The minimum Gasteiger partial charge on any atom is -0.545 e. The largest absolute Gasteiger partial charge is 0.545 e. The zero-order chi connectivity index (χ0) is 19.0. The van der Waals surface area contributed by atoms with Gasteiger partial charge in [0.15, 0.2) is 5.71 Å². The Kier molecular flexibility index (Phi) is 4.44. The highest BCUT2D eigenvalue weighted by Gasteiger charge is 2.35. The van der Waals surface area contributed by atoms with Gasteiger partial charge >= 0.3 is 0 Å². The molecule has 0 bridgehead atoms. The Morgan fingerprint density at radius 2 is 2.00 bits per heavy atom. The molecule has 1 aliphatic heterocycles. The second kappa shape index (κ2) is 6.91. The van der Waals surface area contributed by atoms with Crippen LogP contribution in [-0.2, 0) is 0 Å². The van der Waals surface area contributed by atoms with Crippen LogP contribution in [0.15, 0.2) is 48.0 Å². The SMILES string of the molecule is CNc1ccc2c(c1)OC1CC(=[NH+]C)CCC1=C2c1ccccc1C(=O)[O-]. The first kappa shape index (κ1) is 17.3. The fraction of sp³-hybridized carbons (Fsp3) is 0.273. The first-order chi connectivity index (χ1) is 13.1. The van der Waals surface area contributed by atoms with Gasteiger partial charge in [-0.15, -0.1) is 0 Å². The number of benzene rings is 2. The van der Waals surface area contributed by atoms with Crippen LogP contribution in [0.2, 0.25) is 0 Å². The van der Waals surface area contributed by atoms with Crippen molar-refractivity contribution in [2.45, 2.75) is 25.4 Å². The van der Waals surface area contributed by atoms with Crippen molar-refractivity contribution in [2.75, 3.05) is 19.4 Å². The maximum atomic E-state index is 11.7. The molecule has 2 N–H and O–H groups in total. The number of carboxylic acids is 1. The lowest BCUT2D eigenvalue weighted by molar-refractivity contribution is -0.423. The highest BCUT2D eigenvalue weighted by molar-refractivity contribution is 5.99. The van der Waals surface area contributed by atoms with Gasteiger partial charge in [-0.25, -0.2) is 0 Å². The summed E-state index contributed by atoms with van der Waals surface area (Å²) < 4.78 is 6.34. The van der Waals surface area contributed by atoms with Gasteiger partial charge < -0.3 is 20.0 Å². The fourth-order valence-electron chi connectivity index (χ4n) is 4.03. The summed E-state index contributed by atoms with van der Waals surface area (Å²) in [5.41, 5.74) is 6.19. The van der Waals surface area contributed by atoms with E-state index >= 15 is 0 Å². The predicted molar refractivity (Wildman–Crippen MR) is 103 cm³/mol. The second-order valence-electron chi connectivity index (χ2n) is 6.86. The molecule has 0 aromatic heterocycles. The number of hydrogen-bond donors (Lipinski definition) is 2. The molecule has 0 radical (unpaired) electrons. The Morgan fingerprint density at radius 3 is 2.74 bits per heavy atom. The van der Waals surface area contributed by atoms with Crippen LogP contribution in [0.1, 0.15) is 40.7 Å². The molecule has 5 nitrogen and oxygen atoms in total. The van der Waals surface area contributed by atoms with Crippen LogP contribution >= 0.6 is 0 Å². The van der Waals surface area contributed by atoms with Crippen LogP contribution in [0.3, 0.4) is 0 Å². The Morgan fingerprint density at radius 1 is 1.19 bits per heavy atom. The molecule has 27 heavy (non-hydrogen) atoms. The number of nitrogens with one attached hydrogen (secondary N) is 2. The second-order valence-corrected chi connectivity index (χ2v) is 6.86. The summed E-state index contributed by atoms with van der Waals surface area (Å²) in [6, 6.07) is 13.0. The molecule has 1 fully saturated rings. The van der Waals surface area contributed by atoms with Gasteiger partial charge in [0.05, 0.1) is 12.4 Å². The summed E-state index contributed by atoms with van der Waals surface area (Å²) in [5, 5.41) is 14.9. The molecule has 1 unspecified atom stereocenters. The minimum atomic E-state index is -1.16. The third kappa shape index (κ3) is 2.99. The molecule has 1 atom stereocenters. The number of carbonyl (C=O) groups is 1. The van der Waals surface area contributed by atoms with Crippen LogP contribution < -0.4 is 20.2 Å². The molecule has 0 saturated heterocycles. The van der Waals surface area contributed by atoms with Crippen molar-refractivity contribution in [3.05, 3.63) is 64.7 Å². The topological polar surface area (TPSA) is 75.4 Å². The number of aromatic carboxylic acids is 1. The van der Waals surface area contributed by atoms with Gasteiger partial charge in [0.25, 0.3) is 0 Å². The van der Waals surface area contributed by atoms with Gasteiger partial charge in [0, 0.05) is 36.3 Å². The van der Waals surface area contributed by atoms with Crippen LogP contribution in [0.4, 0.5) is 5.69 Å². The molecule has 1 saturated carbocycles. The molecular weight excluding hydrogens is 340 g/mol. The number of hydrogen-bond acceptors (Lipinski definition) is 4. The molecule has 138 valence electrons. The Labute approximate surface area is 158 Å². The van der Waals surface area contributed by atoms with Gasteiger partial charge in [0.1, 0.15) is 18.9 Å². The van der Waals surface area contributed by atoms with Gasteiger partial charge in [0.2, 0.25) is 0 Å². The van der Waals surface area contributed by atoms with Crippen LogP contribution in [-0.4, -0.2) is 31.9 Å². The average molecular weight is 362 g/mol. The van der Waals surface area contributed by atoms with Gasteiger partial charge in [-0.2, -0.15) is 0 Å². The fourth-order valence-corrected chi connectivity index (χ4v) is 4.03. The third-order valence-corrected chi connectivity index (χ3v) is 5.42. The molecule has 1 heterocycles. The van der Waals surface area contributed by atoms with E-state index in [4.69, 9.17) is 4.74 Å². The van der Waals surface area contributed by atoms with Crippen molar-refractivity contribution in [2.24, 2.45) is 0 Å². The highest BCUT2D eigenvalue weighted by atomic mass is 16.5. The maximum Gasteiger partial charge on any atom is 0.154 e. The zero-order valence-corrected chi connectivity index (χ0v) is 15.5. The predicted octanol–water partition coefficient (Wildman–Crippen LogP) is 0.990. The zero-order valence-electron chi connectivity index (χ0n) is 15.5. The van der Waals surface area contributed by atoms with E-state index < -0.39 is 5.97 Å². The Hall–Kier alpha value is -3.08. The number of anilines is 1. The molecule has 0 amide bonds. The van der Waals surface area contributed by atoms with E-state index in [1.54, 1.807) is 12.1 Å². The summed E-state index contributed by atoms with van der Waals surface area (Å²) in [7, 11) is 3.80. The Bertz CT molecular complexity index is 975. The lowest BCUT2D eigenvalue weighted by atomic mass is 9.79. The van der Waals surface area contributed by atoms with E-state index in [0.717, 1.165) is 47.4 Å². The van der Waals surface area contributed by atoms with E-state index in [9.17, 15) is 9.90 Å². The Balaban J connectivity index is 1.96. The third-order valence-electron chi connectivity index (χ3n) is 5.42. The lowest BCUT2D eigenvalue weighted by Gasteiger charge is -2.34. The van der Waals surface area contributed by atoms with E-state index in [-0.39, 0.29) is 11.7 Å². The van der Waals surface area contributed by atoms with Crippen LogP contribution in [0, 0.1) is 0 Å². The smallest absolute Gasteiger partial charge is 0.154 e. The van der Waals surface area contributed by atoms with Gasteiger partial charge in [-0.1, -0.05) is 24.3 Å². The molecule has 2 aliphatic rings. The van der Waals surface area contributed by atoms with Gasteiger partial charge in [-0.05, 0) is 35.3 Å². The van der Waals surface area contributed by atoms with Crippen molar-refractivity contribution in [1.82, 2.24) is 0 Å². The summed E-state index contributed by atoms with van der Waals surface area (Å²) in [6.07, 6.45) is 2.45. The molecular formula is C22H22N2O3. The van der Waals surface area contributed by atoms with Gasteiger partial charge in [-0.3, -0.25) is 4.99 Å². The monoisotopic (exact) mass is 362 g/mol. The van der Waals surface area contributed by atoms with Crippen molar-refractivity contribution in [1.29, 1.82) is 0 Å². The van der Waals surface area contributed by atoms with Crippen molar-refractivity contribution in [3.63, 3.8) is 0 Å². The molecule has 5 heteroatoms. The van der Waals surface area contributed by atoms with E-state index in [2.05, 4.69) is 10.3 Å². The van der Waals surface area contributed by atoms with E-state index in [0.29, 0.717) is 5.56 Å². The summed E-state index contributed by atoms with van der Waals surface area (Å²) in [4.78, 5) is 15.0. The van der Waals surface area contributed by atoms with Crippen molar-refractivity contribution in [3.8, 4) is 5.75 Å². The molecule has 2 aromatic rings. The average Bonchev–Trinajstić information content (AvgIpc) is 2.71. The number of carbonyl (C=O) groups excluding carboxylic acids is 1. The summed E-state index contributed by atoms with van der Waals surface area (Å²) in [6.45, 7) is 0. The first-order valence-electron chi connectivity index (χ1n) is 9.17. The highest BCUT2D eigenvalue weighted by Crippen LogP contribution is 2.45. The number of carboxylic acid groups (broad SMARTS) is 1. The minimum absolute atomic E-state index is 0.0920. The number of fused-ring (bicyclic) bond motifs is 2. The quantitative estimate of drug-likeness (QED) is 0.854. The van der Waals surface area contributed by atoms with E-state index in [1.165, 1.54) is 5.71 Å². The molecule has 1 aliphatic carbocycles. The molecule has 4 rings (SSSR count). The van der Waals surface area contributed by atoms with Crippen LogP contribution in [0.25, 0.3) is 5.57 Å². The lowest BCUT2D eigenvalue weighted by Crippen LogP contribution is -2.69. The number of ether oxygens (including phenoxy) is 1. The first-order valence-corrected chi connectivity index (χ1v) is 9.17. The van der Waals surface area contributed by atoms with Crippen LogP contribution in [0.5, 0.6) is 5.75 Å². The summed E-state index contributed by atoms with van der Waals surface area (Å²) in [5.74, 6) is -0.385. The van der Waals surface area contributed by atoms with E-state index in [1.807, 2.05) is 44.4 Å². The van der Waals surface area contributed by atoms with Crippen molar-refractivity contribution < 1.29 is 19.6 Å². The standard InChI is InChI=1S/C22H22N2O3/c1-23-13-7-9-17-19(11-13)27-20-12-14(24-2)8-10-18(20)21(17)15-5-3-4-6-16(15)22(25)26/h3-7,9,11,20,23H,8,10,12H2,1-2H3,(H,25,26). The normalized spacial score (nSPS) is 19.9. The number of rotatable bonds is 3.